The number of aromatic nitrogens is 2. The molecule has 1 N–H and O–H groups in total. The third kappa shape index (κ3) is 3.81. The minimum absolute atomic E-state index is 0.0583. The van der Waals surface area contributed by atoms with E-state index in [9.17, 15) is 9.59 Å². The van der Waals surface area contributed by atoms with Crippen molar-refractivity contribution in [1.29, 1.82) is 0 Å². The molecule has 0 unspecified atom stereocenters. The van der Waals surface area contributed by atoms with Crippen LogP contribution < -0.4 is 10.7 Å². The average Bonchev–Trinajstić information content (AvgIpc) is 2.81. The number of rotatable bonds is 4. The van der Waals surface area contributed by atoms with E-state index < -0.39 is 0 Å². The van der Waals surface area contributed by atoms with Crippen LogP contribution in [0.4, 0.5) is 5.82 Å². The lowest BCUT2D eigenvalue weighted by molar-refractivity contribution is -0.116. The molecule has 0 aliphatic rings. The van der Waals surface area contributed by atoms with Gasteiger partial charge in [0.25, 0.3) is 0 Å². The Labute approximate surface area is 178 Å². The minimum atomic E-state index is -0.211. The van der Waals surface area contributed by atoms with Gasteiger partial charge < -0.3 is 9.88 Å². The molecule has 5 rings (SSSR count). The first-order valence-corrected chi connectivity index (χ1v) is 10.0. The highest BCUT2D eigenvalue weighted by Crippen LogP contribution is 2.24. The summed E-state index contributed by atoms with van der Waals surface area (Å²) in [5.74, 6) is 0.276. The molecule has 0 radical (unpaired) electrons. The standard InChI is InChI=1S/C26H19N3O2/c30-24-14-15-29(23-10-4-3-8-21(23)24)17-26(31)28-25-11-5-9-22(27-25)20-13-12-18-6-1-2-7-19(18)16-20/h1-16H,17H2,(H,27,28,31). The van der Waals surface area contributed by atoms with Gasteiger partial charge in [-0.15, -0.1) is 0 Å². The predicted octanol–water partition coefficient (Wildman–Crippen LogP) is 4.86. The zero-order valence-electron chi connectivity index (χ0n) is 16.7. The molecule has 5 aromatic rings. The molecule has 0 aliphatic heterocycles. The van der Waals surface area contributed by atoms with Crippen molar-refractivity contribution in [1.82, 2.24) is 9.55 Å². The number of nitrogens with one attached hydrogen (secondary N) is 1. The van der Waals surface area contributed by atoms with Crippen LogP contribution in [0.15, 0.2) is 102 Å². The molecule has 150 valence electrons. The molecule has 0 bridgehead atoms. The van der Waals surface area contributed by atoms with Gasteiger partial charge in [0, 0.05) is 23.2 Å². The van der Waals surface area contributed by atoms with Gasteiger partial charge in [0.05, 0.1) is 11.2 Å². The summed E-state index contributed by atoms with van der Waals surface area (Å²) in [5, 5.41) is 5.77. The number of carbonyl (C=O) groups is 1. The van der Waals surface area contributed by atoms with Crippen molar-refractivity contribution in [2.75, 3.05) is 5.32 Å². The second-order valence-electron chi connectivity index (χ2n) is 7.34. The fourth-order valence-corrected chi connectivity index (χ4v) is 3.75. The van der Waals surface area contributed by atoms with Crippen molar-refractivity contribution in [3.05, 3.63) is 107 Å². The summed E-state index contributed by atoms with van der Waals surface area (Å²) in [4.78, 5) is 29.3. The number of para-hydroxylation sites is 1. The van der Waals surface area contributed by atoms with E-state index in [2.05, 4.69) is 34.6 Å². The molecule has 31 heavy (non-hydrogen) atoms. The van der Waals surface area contributed by atoms with Gasteiger partial charge in [0.15, 0.2) is 5.43 Å². The Balaban J connectivity index is 1.39. The summed E-state index contributed by atoms with van der Waals surface area (Å²) < 4.78 is 1.76. The highest BCUT2D eigenvalue weighted by atomic mass is 16.2. The van der Waals surface area contributed by atoms with Crippen LogP contribution in [0.5, 0.6) is 0 Å². The minimum Gasteiger partial charge on any atom is -0.338 e. The largest absolute Gasteiger partial charge is 0.338 e. The van der Waals surface area contributed by atoms with Crippen LogP contribution in [0.1, 0.15) is 0 Å². The van der Waals surface area contributed by atoms with E-state index >= 15 is 0 Å². The summed E-state index contributed by atoms with van der Waals surface area (Å²) in [6.07, 6.45) is 1.64. The van der Waals surface area contributed by atoms with Gasteiger partial charge in [0.2, 0.25) is 5.91 Å². The van der Waals surface area contributed by atoms with E-state index in [0.29, 0.717) is 11.2 Å². The topological polar surface area (TPSA) is 64.0 Å². The smallest absolute Gasteiger partial charge is 0.245 e. The van der Waals surface area contributed by atoms with Crippen molar-refractivity contribution in [3.8, 4) is 11.3 Å². The molecule has 0 saturated carbocycles. The summed E-state index contributed by atoms with van der Waals surface area (Å²) in [6, 6.07) is 28.7. The maximum atomic E-state index is 12.7. The highest BCUT2D eigenvalue weighted by molar-refractivity contribution is 5.91. The maximum absolute atomic E-state index is 12.7. The van der Waals surface area contributed by atoms with Crippen molar-refractivity contribution in [2.24, 2.45) is 0 Å². The molecule has 2 aromatic heterocycles. The fraction of sp³-hybridized carbons (Fsp3) is 0.0385. The molecule has 0 atom stereocenters. The molecule has 0 saturated heterocycles. The first-order valence-electron chi connectivity index (χ1n) is 10.0. The number of benzene rings is 3. The highest BCUT2D eigenvalue weighted by Gasteiger charge is 2.09. The molecular formula is C26H19N3O2. The molecule has 0 aliphatic carbocycles. The molecule has 5 nitrogen and oxygen atoms in total. The van der Waals surface area contributed by atoms with Gasteiger partial charge in [-0.05, 0) is 41.1 Å². The van der Waals surface area contributed by atoms with Crippen LogP contribution in [0, 0.1) is 0 Å². The zero-order chi connectivity index (χ0) is 21.2. The van der Waals surface area contributed by atoms with Crippen molar-refractivity contribution >= 4 is 33.4 Å². The molecule has 3 aromatic carbocycles. The Kier molecular flexibility index (Phi) is 4.77. The number of fused-ring (bicyclic) bond motifs is 2. The maximum Gasteiger partial charge on any atom is 0.245 e. The van der Waals surface area contributed by atoms with E-state index in [-0.39, 0.29) is 17.9 Å². The van der Waals surface area contributed by atoms with Gasteiger partial charge in [-0.3, -0.25) is 9.59 Å². The van der Waals surface area contributed by atoms with Crippen LogP contribution in [0.25, 0.3) is 32.9 Å². The number of anilines is 1. The Bertz CT molecular complexity index is 1490. The Morgan fingerprint density at radius 3 is 2.55 bits per heavy atom. The third-order valence-electron chi connectivity index (χ3n) is 5.26. The number of nitrogens with zero attached hydrogens (tertiary/aromatic N) is 2. The van der Waals surface area contributed by atoms with Crippen LogP contribution >= 0.6 is 0 Å². The monoisotopic (exact) mass is 405 g/mol. The number of pyridine rings is 2. The Morgan fingerprint density at radius 2 is 1.65 bits per heavy atom. The van der Waals surface area contributed by atoms with Crippen molar-refractivity contribution < 1.29 is 4.79 Å². The molecule has 5 heteroatoms. The van der Waals surface area contributed by atoms with Gasteiger partial charge in [-0.25, -0.2) is 4.98 Å². The van der Waals surface area contributed by atoms with Crippen molar-refractivity contribution in [2.45, 2.75) is 6.54 Å². The third-order valence-corrected chi connectivity index (χ3v) is 5.26. The normalized spacial score (nSPS) is 11.0. The van der Waals surface area contributed by atoms with Crippen LogP contribution in [-0.4, -0.2) is 15.5 Å². The molecule has 2 heterocycles. The summed E-state index contributed by atoms with van der Waals surface area (Å²) in [7, 11) is 0. The molecule has 0 spiro atoms. The lowest BCUT2D eigenvalue weighted by Crippen LogP contribution is -2.20. The lowest BCUT2D eigenvalue weighted by Gasteiger charge is -2.11. The molecule has 1 amide bonds. The molecule has 0 fully saturated rings. The van der Waals surface area contributed by atoms with E-state index in [1.54, 1.807) is 22.9 Å². The van der Waals surface area contributed by atoms with E-state index in [4.69, 9.17) is 0 Å². The number of carbonyl (C=O) groups excluding carboxylic acids is 1. The summed E-state index contributed by atoms with van der Waals surface area (Å²) >= 11 is 0. The number of hydrogen-bond acceptors (Lipinski definition) is 3. The second kappa shape index (κ2) is 7.88. The lowest BCUT2D eigenvalue weighted by atomic mass is 10.0. The summed E-state index contributed by atoms with van der Waals surface area (Å²) in [5.41, 5.74) is 2.44. The predicted molar refractivity (Wildman–Crippen MR) is 124 cm³/mol. The van der Waals surface area contributed by atoms with E-state index in [1.807, 2.05) is 48.5 Å². The zero-order valence-corrected chi connectivity index (χ0v) is 16.7. The second-order valence-corrected chi connectivity index (χ2v) is 7.34. The summed E-state index contributed by atoms with van der Waals surface area (Å²) in [6.45, 7) is 0.0860. The SMILES string of the molecule is O=C(Cn1ccc(=O)c2ccccc21)Nc1cccc(-c2ccc3ccccc3c2)n1. The van der Waals surface area contributed by atoms with E-state index in [0.717, 1.165) is 22.2 Å². The fourth-order valence-electron chi connectivity index (χ4n) is 3.75. The van der Waals surface area contributed by atoms with Crippen molar-refractivity contribution in [3.63, 3.8) is 0 Å². The van der Waals surface area contributed by atoms with Gasteiger partial charge in [-0.2, -0.15) is 0 Å². The van der Waals surface area contributed by atoms with E-state index in [1.165, 1.54) is 11.5 Å². The van der Waals surface area contributed by atoms with Gasteiger partial charge in [0.1, 0.15) is 12.4 Å². The average molecular weight is 405 g/mol. The Hall–Kier alpha value is -4.25. The molecular weight excluding hydrogens is 386 g/mol. The Morgan fingerprint density at radius 1 is 0.839 bits per heavy atom. The first-order chi connectivity index (χ1) is 15.2. The quantitative estimate of drug-likeness (QED) is 0.465. The number of hydrogen-bond donors (Lipinski definition) is 1. The first kappa shape index (κ1) is 18.8. The van der Waals surface area contributed by atoms with Gasteiger partial charge in [-0.1, -0.05) is 54.6 Å². The van der Waals surface area contributed by atoms with Crippen LogP contribution in [0.2, 0.25) is 0 Å². The van der Waals surface area contributed by atoms with Crippen LogP contribution in [0.3, 0.4) is 0 Å². The number of amides is 1. The van der Waals surface area contributed by atoms with Crippen LogP contribution in [-0.2, 0) is 11.3 Å². The van der Waals surface area contributed by atoms with Gasteiger partial charge >= 0.3 is 0 Å².